The molecule has 42 N–H and O–H groups in total. The van der Waals surface area contributed by atoms with Gasteiger partial charge in [0.2, 0.25) is 94.5 Å². The zero-order valence-electron chi connectivity index (χ0n) is 81.2. The number of aliphatic carboxylic acids is 1. The molecular weight excluding hydrogens is 1880 g/mol. The summed E-state index contributed by atoms with van der Waals surface area (Å²) in [5.41, 5.74) is 48.1. The second-order valence-electron chi connectivity index (χ2n) is 34.7. The molecule has 0 saturated heterocycles. The summed E-state index contributed by atoms with van der Waals surface area (Å²) in [7, 11) is 0. The summed E-state index contributed by atoms with van der Waals surface area (Å²) in [6.07, 6.45) is 4.19. The molecule has 51 nitrogen and oxygen atoms in total. The van der Waals surface area contributed by atoms with E-state index in [9.17, 15) is 52.7 Å². The van der Waals surface area contributed by atoms with E-state index in [0.29, 0.717) is 58.6 Å². The summed E-state index contributed by atoms with van der Waals surface area (Å²) < 4.78 is 0. The van der Waals surface area contributed by atoms with E-state index in [-0.39, 0.29) is 158 Å². The standard InChI is InChI=1S/C89H147N33O18S2/c1-48(2)39-65(118-84(139)68(46-142-47-110-50(5)123)121-77(132)58(24-11-13-32-90)111-73(128)55(92)21-15-34-102-86(94)95)81(136)114-62(28-18-37-105-89(100)101)76(131)119-67(41-52-43-107-57-23-10-8-20-54(52)57)83(138)116-63(29-30-69(93)124)78(133)120-66(40-51-42-106-56-22-9-7-19-53(51)56)82(137)115-61(27-17-36-104-88(98)99)75(130)117-64(31-38-141-6)79(134)113-60(26-16-35-103-87(96)97)74(129)112-59(25-12-14-33-91)80(135)122-72(49(3)4)85(140)109-44-70(125)108-45-71(126)127/h7-10,19-20,22-23,42-43,48-49,55,58-68,72,106-107H,11-18,21,24-41,44-47,90-92H2,1-6H3,(H2,93,124)(H,108,125)(H,109,140)(H,110,123)(H,111,128)(H,112,129)(H,113,134)(H,114,136)(H,115,137)(H,116,138)(H,117,130)(H,118,139)(H,119,131)(H,120,133)(H,121,132)(H,122,135)(H,126,127)(H4,94,95,102)(H4,96,97,103)(H4,98,99,104)(H4,100,101,105)/t55-,58-,59-,60-,61-,62-,63-,64-,65-,66-,67-,68-,72-/m0/s1. The number of amides is 16. The quantitative estimate of drug-likeness (QED) is 0.00846. The summed E-state index contributed by atoms with van der Waals surface area (Å²) in [4.78, 5) is 247. The molecule has 0 aliphatic heterocycles. The van der Waals surface area contributed by atoms with Crippen LogP contribution in [0.4, 0.5) is 0 Å². The number of fused-ring (bicyclic) bond motifs is 2. The molecule has 2 aromatic carbocycles. The number of rotatable bonds is 70. The highest BCUT2D eigenvalue weighted by molar-refractivity contribution is 7.99. The van der Waals surface area contributed by atoms with Gasteiger partial charge in [0, 0.05) is 92.3 Å². The van der Waals surface area contributed by atoms with Crippen LogP contribution in [-0.4, -0.2) is 294 Å². The first-order valence-corrected chi connectivity index (χ1v) is 49.6. The average Bonchev–Trinajstić information content (AvgIpc) is 1.77. The first kappa shape index (κ1) is 120. The Morgan fingerprint density at radius 2 is 0.732 bits per heavy atom. The van der Waals surface area contributed by atoms with Gasteiger partial charge in [0.1, 0.15) is 79.0 Å². The van der Waals surface area contributed by atoms with Crippen molar-refractivity contribution >= 4 is 170 Å². The van der Waals surface area contributed by atoms with Crippen molar-refractivity contribution in [2.45, 2.75) is 242 Å². The third kappa shape index (κ3) is 46.5. The summed E-state index contributed by atoms with van der Waals surface area (Å²) in [6.45, 7) is 7.19. The maximum absolute atomic E-state index is 15.6. The maximum Gasteiger partial charge on any atom is 0.322 e. The topological polar surface area (TPSA) is 874 Å². The normalized spacial score (nSPS) is 13.9. The minimum atomic E-state index is -1.80. The van der Waals surface area contributed by atoms with Crippen molar-refractivity contribution < 1.29 is 86.6 Å². The summed E-state index contributed by atoms with van der Waals surface area (Å²) in [6, 6.07) is -5.53. The van der Waals surface area contributed by atoms with E-state index in [1.807, 2.05) is 0 Å². The largest absolute Gasteiger partial charge is 0.480 e. The monoisotopic (exact) mass is 2030 g/mol. The number of primary amides is 1. The van der Waals surface area contributed by atoms with E-state index < -0.39 is 229 Å². The van der Waals surface area contributed by atoms with E-state index in [1.54, 1.807) is 94.9 Å². The van der Waals surface area contributed by atoms with Crippen LogP contribution in [0.15, 0.2) is 60.9 Å². The molecule has 16 amide bonds. The molecule has 0 aliphatic rings. The number of carbonyl (C=O) groups excluding carboxylic acids is 16. The molecule has 13 atom stereocenters. The van der Waals surface area contributed by atoms with Gasteiger partial charge in [-0.3, -0.25) is 103 Å². The number of nitrogens with one attached hydrogen (secondary N) is 25. The summed E-state index contributed by atoms with van der Waals surface area (Å²) >= 11 is 2.31. The number of carboxylic acids is 1. The lowest BCUT2D eigenvalue weighted by molar-refractivity contribution is -0.138. The molecule has 0 bridgehead atoms. The fourth-order valence-corrected chi connectivity index (χ4v) is 16.0. The number of carboxylic acid groups (broad SMARTS) is 1. The van der Waals surface area contributed by atoms with Gasteiger partial charge in [-0.1, -0.05) is 64.1 Å². The van der Waals surface area contributed by atoms with Crippen molar-refractivity contribution in [1.29, 1.82) is 21.6 Å². The summed E-state index contributed by atoms with van der Waals surface area (Å²) in [5, 5.41) is 91.2. The lowest BCUT2D eigenvalue weighted by Crippen LogP contribution is -2.61. The second kappa shape index (κ2) is 65.2. The molecule has 4 rings (SSSR count). The number of benzene rings is 2. The minimum absolute atomic E-state index is 0.000181. The molecule has 4 aromatic rings. The highest BCUT2D eigenvalue weighted by Crippen LogP contribution is 2.23. The SMILES string of the molecule is CSCC[C@H](NC(=O)[C@H](CCCNC(=N)N)NC(=O)[C@H](Cc1c[nH]c2ccccc12)NC(=O)[C@H](CCC(N)=O)NC(=O)[C@H](Cc1c[nH]c2ccccc12)NC(=O)[C@H](CCCNC(=N)N)NC(=O)[C@H](CC(C)C)NC(=O)[C@H](CSCNC(C)=O)NC(=O)[C@H](CCCCN)NC(=O)[C@@H](N)CCCNC(=N)N)C(=O)N[C@@H](CCCNC(=N)N)C(=O)N[C@@H](CCCCN)C(=O)N[C@H](C(=O)NCC(=O)NCC(=O)O)C(C)C. The molecule has 142 heavy (non-hydrogen) atoms. The van der Waals surface area contributed by atoms with Crippen molar-refractivity contribution in [2.24, 2.45) is 57.7 Å². The number of nitrogens with two attached hydrogens (primary N) is 8. The number of H-pyrrole nitrogens is 2. The Labute approximate surface area is 832 Å². The first-order chi connectivity index (χ1) is 67.4. The van der Waals surface area contributed by atoms with Crippen molar-refractivity contribution in [2.75, 3.05) is 76.0 Å². The zero-order valence-corrected chi connectivity index (χ0v) is 82.8. The molecule has 0 spiro atoms. The number of hydrogen-bond acceptors (Lipinski definition) is 26. The van der Waals surface area contributed by atoms with Crippen LogP contribution in [0.2, 0.25) is 0 Å². The molecule has 2 aromatic heterocycles. The Morgan fingerprint density at radius 3 is 1.11 bits per heavy atom. The number of thioether (sulfide) groups is 2. The van der Waals surface area contributed by atoms with Gasteiger partial charge in [-0.2, -0.15) is 11.8 Å². The second-order valence-corrected chi connectivity index (χ2v) is 36.7. The van der Waals surface area contributed by atoms with Crippen LogP contribution < -0.4 is 147 Å². The zero-order chi connectivity index (χ0) is 106. The molecule has 0 radical (unpaired) electrons. The van der Waals surface area contributed by atoms with Crippen LogP contribution >= 0.6 is 23.5 Å². The molecule has 53 heteroatoms. The van der Waals surface area contributed by atoms with Gasteiger partial charge in [0.15, 0.2) is 23.8 Å². The Hall–Kier alpha value is -13.8. The van der Waals surface area contributed by atoms with Gasteiger partial charge >= 0.3 is 5.97 Å². The van der Waals surface area contributed by atoms with Crippen molar-refractivity contribution in [3.8, 4) is 0 Å². The van der Waals surface area contributed by atoms with Crippen molar-refractivity contribution in [3.05, 3.63) is 72.1 Å². The van der Waals surface area contributed by atoms with E-state index >= 15 is 28.8 Å². The molecule has 788 valence electrons. The highest BCUT2D eigenvalue weighted by Gasteiger charge is 2.39. The van der Waals surface area contributed by atoms with Gasteiger partial charge in [-0.05, 0) is 169 Å². The van der Waals surface area contributed by atoms with Gasteiger partial charge in [-0.25, -0.2) is 0 Å². The van der Waals surface area contributed by atoms with Gasteiger partial charge in [0.25, 0.3) is 0 Å². The van der Waals surface area contributed by atoms with E-state index in [2.05, 4.69) is 111 Å². The van der Waals surface area contributed by atoms with E-state index in [0.717, 1.165) is 11.8 Å². The predicted octanol–water partition coefficient (Wildman–Crippen LogP) is -6.25. The summed E-state index contributed by atoms with van der Waals surface area (Å²) in [5.74, 6) is -18.1. The number of unbranched alkanes of at least 4 members (excludes halogenated alkanes) is 2. The Kier molecular flexibility index (Phi) is 55.3. The van der Waals surface area contributed by atoms with Crippen molar-refractivity contribution in [3.63, 3.8) is 0 Å². The lowest BCUT2D eigenvalue weighted by Gasteiger charge is -2.29. The Balaban J connectivity index is 1.82. The third-order valence-electron chi connectivity index (χ3n) is 22.2. The number of aromatic amines is 2. The van der Waals surface area contributed by atoms with Crippen LogP contribution in [-0.2, 0) is 94.3 Å². The van der Waals surface area contributed by atoms with Crippen molar-refractivity contribution in [1.82, 2.24) is 111 Å². The lowest BCUT2D eigenvalue weighted by atomic mass is 10.00. The molecule has 0 unspecified atom stereocenters. The number of aromatic nitrogens is 2. The number of carbonyl (C=O) groups is 17. The molecule has 0 fully saturated rings. The number of hydrogen-bond donors (Lipinski definition) is 34. The van der Waals surface area contributed by atoms with E-state index in [1.165, 1.54) is 18.7 Å². The van der Waals surface area contributed by atoms with Crippen LogP contribution in [0, 0.1) is 33.5 Å². The average molecular weight is 2030 g/mol. The fourth-order valence-electron chi connectivity index (χ4n) is 14.6. The fraction of sp³-hybridized carbons (Fsp3) is 0.584. The highest BCUT2D eigenvalue weighted by atomic mass is 32.2. The molecule has 0 saturated carbocycles. The van der Waals surface area contributed by atoms with E-state index in [4.69, 9.17) is 72.6 Å². The van der Waals surface area contributed by atoms with Crippen LogP contribution in [0.25, 0.3) is 21.8 Å². The van der Waals surface area contributed by atoms with Crippen LogP contribution in [0.1, 0.15) is 161 Å². The van der Waals surface area contributed by atoms with Gasteiger partial charge in [-0.15, -0.1) is 11.8 Å². The Morgan fingerprint density at radius 1 is 0.387 bits per heavy atom. The number of guanidine groups is 4. The first-order valence-electron chi connectivity index (χ1n) is 47.0. The molecular formula is C89H147N33O18S2. The number of para-hydroxylation sites is 2. The minimum Gasteiger partial charge on any atom is -0.480 e. The van der Waals surface area contributed by atoms with Gasteiger partial charge < -0.3 is 162 Å². The smallest absolute Gasteiger partial charge is 0.322 e. The molecule has 0 aliphatic carbocycles. The predicted molar refractivity (Wildman–Crippen MR) is 538 cm³/mol. The maximum atomic E-state index is 15.6. The van der Waals surface area contributed by atoms with Crippen LogP contribution in [0.3, 0.4) is 0 Å². The molecule has 2 heterocycles. The van der Waals surface area contributed by atoms with Gasteiger partial charge in [0.05, 0.1) is 18.5 Å². The van der Waals surface area contributed by atoms with Crippen LogP contribution in [0.5, 0.6) is 0 Å². The third-order valence-corrected chi connectivity index (χ3v) is 23.7. The Bertz CT molecular complexity index is 4890.